The highest BCUT2D eigenvalue weighted by atomic mass is 19.1. The number of benzene rings is 1. The molecule has 0 atom stereocenters. The predicted octanol–water partition coefficient (Wildman–Crippen LogP) is 6.54. The highest BCUT2D eigenvalue weighted by Crippen LogP contribution is 2.33. The van der Waals surface area contributed by atoms with Crippen molar-refractivity contribution in [1.29, 1.82) is 5.26 Å². The molecule has 1 saturated carbocycles. The van der Waals surface area contributed by atoms with Gasteiger partial charge in [0, 0.05) is 0 Å². The first kappa shape index (κ1) is 18.7. The topological polar surface area (TPSA) is 23.8 Å². The predicted molar refractivity (Wildman–Crippen MR) is 98.2 cm³/mol. The third-order valence-corrected chi connectivity index (χ3v) is 5.31. The van der Waals surface area contributed by atoms with Gasteiger partial charge < -0.3 is 0 Å². The lowest BCUT2D eigenvalue weighted by Gasteiger charge is -2.26. The second-order valence-corrected chi connectivity index (χ2v) is 7.22. The van der Waals surface area contributed by atoms with Crippen LogP contribution in [0, 0.1) is 23.2 Å². The SMILES string of the molecule is CCCCCc1ccc(CCC2CCC(/C=C(/F)C#N)CC2)cc1. The number of rotatable bonds is 8. The fourth-order valence-corrected chi connectivity index (χ4v) is 3.71. The van der Waals surface area contributed by atoms with Gasteiger partial charge in [0.1, 0.15) is 6.07 Å². The summed E-state index contributed by atoms with van der Waals surface area (Å²) >= 11 is 0. The van der Waals surface area contributed by atoms with Crippen LogP contribution in [0.4, 0.5) is 4.39 Å². The molecule has 1 aliphatic rings. The van der Waals surface area contributed by atoms with Gasteiger partial charge in [-0.1, -0.05) is 44.0 Å². The van der Waals surface area contributed by atoms with Crippen LogP contribution in [-0.4, -0.2) is 0 Å². The standard InChI is InChI=1S/C22H30FN/c1-2-3-4-5-18-6-8-19(9-7-18)10-11-20-12-14-21(15-13-20)16-22(23)17-24/h6-9,16,20-21H,2-5,10-15H2,1H3/b22-16+. The Bertz CT molecular complexity index is 544. The maximum absolute atomic E-state index is 13.0. The molecule has 0 unspecified atom stereocenters. The first-order chi connectivity index (χ1) is 11.7. The van der Waals surface area contributed by atoms with Crippen molar-refractivity contribution in [2.75, 3.05) is 0 Å². The van der Waals surface area contributed by atoms with Crippen LogP contribution in [-0.2, 0) is 12.8 Å². The second kappa shape index (κ2) is 10.3. The molecule has 1 aliphatic carbocycles. The molecule has 2 rings (SSSR count). The van der Waals surface area contributed by atoms with E-state index in [0.29, 0.717) is 0 Å². The molecule has 0 bridgehead atoms. The Balaban J connectivity index is 1.70. The molecule has 0 heterocycles. The molecule has 2 heteroatoms. The third-order valence-electron chi connectivity index (χ3n) is 5.31. The van der Waals surface area contributed by atoms with E-state index in [9.17, 15) is 4.39 Å². The van der Waals surface area contributed by atoms with Gasteiger partial charge in [-0.05, 0) is 80.4 Å². The summed E-state index contributed by atoms with van der Waals surface area (Å²) in [5.41, 5.74) is 2.89. The largest absolute Gasteiger partial charge is 0.196 e. The molecule has 1 nitrogen and oxygen atoms in total. The molecule has 1 fully saturated rings. The summed E-state index contributed by atoms with van der Waals surface area (Å²) < 4.78 is 13.0. The lowest BCUT2D eigenvalue weighted by Crippen LogP contribution is -2.14. The zero-order valence-corrected chi connectivity index (χ0v) is 14.9. The van der Waals surface area contributed by atoms with Gasteiger partial charge in [0.15, 0.2) is 5.83 Å². The van der Waals surface area contributed by atoms with Crippen LogP contribution in [0.2, 0.25) is 0 Å². The highest BCUT2D eigenvalue weighted by molar-refractivity contribution is 5.22. The quantitative estimate of drug-likeness (QED) is 0.393. The maximum Gasteiger partial charge on any atom is 0.196 e. The molecule has 0 N–H and O–H groups in total. The molecular weight excluding hydrogens is 297 g/mol. The average Bonchev–Trinajstić information content (AvgIpc) is 2.62. The van der Waals surface area contributed by atoms with E-state index in [2.05, 4.69) is 31.2 Å². The second-order valence-electron chi connectivity index (χ2n) is 7.22. The monoisotopic (exact) mass is 327 g/mol. The molecule has 130 valence electrons. The van der Waals surface area contributed by atoms with Gasteiger partial charge in [-0.2, -0.15) is 9.65 Å². The van der Waals surface area contributed by atoms with E-state index in [1.807, 2.05) is 0 Å². The van der Waals surface area contributed by atoms with Crippen LogP contribution in [0.3, 0.4) is 0 Å². The van der Waals surface area contributed by atoms with Gasteiger partial charge in [-0.15, -0.1) is 0 Å². The Hall–Kier alpha value is -1.62. The van der Waals surface area contributed by atoms with Crippen molar-refractivity contribution in [3.8, 4) is 6.07 Å². The van der Waals surface area contributed by atoms with Crippen molar-refractivity contribution in [1.82, 2.24) is 0 Å². The zero-order valence-electron chi connectivity index (χ0n) is 14.9. The van der Waals surface area contributed by atoms with Gasteiger partial charge in [-0.3, -0.25) is 0 Å². The van der Waals surface area contributed by atoms with E-state index >= 15 is 0 Å². The molecule has 0 aromatic heterocycles. The lowest BCUT2D eigenvalue weighted by atomic mass is 9.79. The van der Waals surface area contributed by atoms with E-state index in [0.717, 1.165) is 38.0 Å². The fourth-order valence-electron chi connectivity index (χ4n) is 3.71. The van der Waals surface area contributed by atoms with Crippen LogP contribution >= 0.6 is 0 Å². The summed E-state index contributed by atoms with van der Waals surface area (Å²) in [4.78, 5) is 0. The van der Waals surface area contributed by atoms with Crippen molar-refractivity contribution >= 4 is 0 Å². The van der Waals surface area contributed by atoms with E-state index in [1.165, 1.54) is 49.3 Å². The zero-order chi connectivity index (χ0) is 17.2. The van der Waals surface area contributed by atoms with Gasteiger partial charge in [-0.25, -0.2) is 0 Å². The molecule has 0 saturated heterocycles. The number of allylic oxidation sites excluding steroid dienone is 2. The average molecular weight is 327 g/mol. The van der Waals surface area contributed by atoms with Crippen molar-refractivity contribution in [2.45, 2.75) is 71.1 Å². The number of nitrogens with zero attached hydrogens (tertiary/aromatic N) is 1. The smallest absolute Gasteiger partial charge is 0.195 e. The van der Waals surface area contributed by atoms with Crippen molar-refractivity contribution in [3.63, 3.8) is 0 Å². The number of hydrogen-bond acceptors (Lipinski definition) is 1. The van der Waals surface area contributed by atoms with E-state index in [-0.39, 0.29) is 5.92 Å². The summed E-state index contributed by atoms with van der Waals surface area (Å²) in [7, 11) is 0. The first-order valence-corrected chi connectivity index (χ1v) is 9.56. The fraction of sp³-hybridized carbons (Fsp3) is 0.591. The molecule has 0 spiro atoms. The maximum atomic E-state index is 13.0. The van der Waals surface area contributed by atoms with Gasteiger partial charge >= 0.3 is 0 Å². The van der Waals surface area contributed by atoms with E-state index in [1.54, 1.807) is 6.07 Å². The Labute approximate surface area is 146 Å². The molecule has 0 aliphatic heterocycles. The van der Waals surface area contributed by atoms with Gasteiger partial charge in [0.05, 0.1) is 0 Å². The molecule has 0 amide bonds. The van der Waals surface area contributed by atoms with Gasteiger partial charge in [0.25, 0.3) is 0 Å². The Morgan fingerprint density at radius 1 is 1.08 bits per heavy atom. The number of unbranched alkanes of at least 4 members (excludes halogenated alkanes) is 2. The van der Waals surface area contributed by atoms with Gasteiger partial charge in [0.2, 0.25) is 0 Å². The van der Waals surface area contributed by atoms with E-state index < -0.39 is 5.83 Å². The number of hydrogen-bond donors (Lipinski definition) is 0. The molecule has 1 aromatic rings. The molecule has 0 radical (unpaired) electrons. The summed E-state index contributed by atoms with van der Waals surface area (Å²) in [5, 5.41) is 8.51. The highest BCUT2D eigenvalue weighted by Gasteiger charge is 2.20. The summed E-state index contributed by atoms with van der Waals surface area (Å²) in [6.07, 6.45) is 13.4. The lowest BCUT2D eigenvalue weighted by molar-refractivity contribution is 0.294. The Kier molecular flexibility index (Phi) is 8.02. The third kappa shape index (κ3) is 6.48. The molecule has 1 aromatic carbocycles. The van der Waals surface area contributed by atoms with Crippen LogP contribution in [0.15, 0.2) is 36.2 Å². The number of aryl methyl sites for hydroxylation is 2. The minimum Gasteiger partial charge on any atom is -0.195 e. The summed E-state index contributed by atoms with van der Waals surface area (Å²) in [5.74, 6) is 0.407. The van der Waals surface area contributed by atoms with Crippen molar-refractivity contribution in [2.24, 2.45) is 11.8 Å². The minimum atomic E-state index is -0.613. The number of halogens is 1. The molecular formula is C22H30FN. The Morgan fingerprint density at radius 2 is 1.71 bits per heavy atom. The van der Waals surface area contributed by atoms with Crippen molar-refractivity contribution in [3.05, 3.63) is 47.3 Å². The minimum absolute atomic E-state index is 0.267. The van der Waals surface area contributed by atoms with Crippen LogP contribution < -0.4 is 0 Å². The summed E-state index contributed by atoms with van der Waals surface area (Å²) in [6.45, 7) is 2.24. The van der Waals surface area contributed by atoms with E-state index in [4.69, 9.17) is 5.26 Å². The summed E-state index contributed by atoms with van der Waals surface area (Å²) in [6, 6.07) is 10.7. The normalized spacial score (nSPS) is 21.5. The van der Waals surface area contributed by atoms with Crippen LogP contribution in [0.5, 0.6) is 0 Å². The van der Waals surface area contributed by atoms with Crippen molar-refractivity contribution < 1.29 is 4.39 Å². The Morgan fingerprint density at radius 3 is 2.29 bits per heavy atom. The molecule has 24 heavy (non-hydrogen) atoms. The first-order valence-electron chi connectivity index (χ1n) is 9.56. The number of nitriles is 1. The van der Waals surface area contributed by atoms with Crippen LogP contribution in [0.1, 0.15) is 69.4 Å². The van der Waals surface area contributed by atoms with Crippen LogP contribution in [0.25, 0.3) is 0 Å².